The van der Waals surface area contributed by atoms with E-state index in [1.165, 1.54) is 128 Å². The van der Waals surface area contributed by atoms with E-state index in [1.807, 2.05) is 0 Å². The van der Waals surface area contributed by atoms with Gasteiger partial charge in [-0.15, -0.1) is 0 Å². The zero-order valence-corrected chi connectivity index (χ0v) is 39.8. The van der Waals surface area contributed by atoms with Crippen molar-refractivity contribution in [1.82, 2.24) is 5.32 Å². The molecular weight excluding hydrogens is 743 g/mol. The molecule has 0 aromatic carbocycles. The van der Waals surface area contributed by atoms with Gasteiger partial charge in [0.1, 0.15) is 6.10 Å². The molecule has 1 amide bonds. The number of allylic oxidation sites excluding steroid dienone is 8. The van der Waals surface area contributed by atoms with Crippen LogP contribution in [0.3, 0.4) is 0 Å². The van der Waals surface area contributed by atoms with Gasteiger partial charge >= 0.3 is 5.97 Å². The van der Waals surface area contributed by atoms with Crippen LogP contribution >= 0.6 is 0 Å². The molecule has 0 bridgehead atoms. The van der Waals surface area contributed by atoms with Gasteiger partial charge in [0.2, 0.25) is 5.91 Å². The minimum atomic E-state index is -0.789. The Morgan fingerprint density at radius 3 is 1.32 bits per heavy atom. The molecule has 3 atom stereocenters. The monoisotopic (exact) mass is 842 g/mol. The molecule has 60 heavy (non-hydrogen) atoms. The lowest BCUT2D eigenvalue weighted by Gasteiger charge is -2.24. The Morgan fingerprint density at radius 2 is 0.850 bits per heavy atom. The normalized spacial score (nSPS) is 13.6. The second-order valence-corrected chi connectivity index (χ2v) is 17.7. The topological polar surface area (TPSA) is 95.9 Å². The largest absolute Gasteiger partial charge is 0.462 e. The first-order valence-electron chi connectivity index (χ1n) is 25.9. The average molecular weight is 842 g/mol. The maximum atomic E-state index is 13.1. The van der Waals surface area contributed by atoms with Gasteiger partial charge in [-0.2, -0.15) is 0 Å². The van der Waals surface area contributed by atoms with Gasteiger partial charge in [0.15, 0.2) is 0 Å². The van der Waals surface area contributed by atoms with Crippen molar-refractivity contribution in [3.05, 3.63) is 48.6 Å². The molecule has 3 N–H and O–H groups in total. The van der Waals surface area contributed by atoms with E-state index in [-0.39, 0.29) is 24.9 Å². The molecule has 350 valence electrons. The molecule has 0 fully saturated rings. The number of aliphatic hydroxyl groups is 2. The minimum Gasteiger partial charge on any atom is -0.462 e. The number of aliphatic hydroxyl groups excluding tert-OH is 2. The van der Waals surface area contributed by atoms with E-state index in [4.69, 9.17) is 4.74 Å². The average Bonchev–Trinajstić information content (AvgIpc) is 3.24. The maximum Gasteiger partial charge on any atom is 0.306 e. The van der Waals surface area contributed by atoms with E-state index in [9.17, 15) is 19.8 Å². The van der Waals surface area contributed by atoms with Crippen molar-refractivity contribution in [1.29, 1.82) is 0 Å². The molecule has 0 aliphatic rings. The number of esters is 1. The van der Waals surface area contributed by atoms with Crippen LogP contribution in [0.25, 0.3) is 0 Å². The lowest BCUT2D eigenvalue weighted by molar-refractivity contribution is -0.151. The number of nitrogens with one attached hydrogen (secondary N) is 1. The van der Waals surface area contributed by atoms with Crippen LogP contribution in [-0.2, 0) is 14.3 Å². The molecule has 0 aliphatic heterocycles. The summed E-state index contributed by atoms with van der Waals surface area (Å²) in [5.41, 5.74) is 0. The SMILES string of the molecule is CCCCC/C=C/C=C/C=C/C=C/CCCCCCCC(=O)OC(CCCCCCCCC)CC(=O)NC(CO)C(O)CCCCCCCCCCCCCCCCCC. The van der Waals surface area contributed by atoms with Crippen molar-refractivity contribution in [3.8, 4) is 0 Å². The van der Waals surface area contributed by atoms with Gasteiger partial charge in [0, 0.05) is 6.42 Å². The molecule has 0 aromatic heterocycles. The van der Waals surface area contributed by atoms with Gasteiger partial charge in [0.05, 0.1) is 25.2 Å². The number of carbonyl (C=O) groups excluding carboxylic acids is 2. The summed E-state index contributed by atoms with van der Waals surface area (Å²) in [5.74, 6) is -0.499. The smallest absolute Gasteiger partial charge is 0.306 e. The molecule has 0 heterocycles. The van der Waals surface area contributed by atoms with Crippen LogP contribution in [0.1, 0.15) is 258 Å². The Labute approximate surface area is 372 Å². The Bertz CT molecular complexity index is 1040. The Hall–Kier alpha value is -2.18. The minimum absolute atomic E-state index is 0.0685. The van der Waals surface area contributed by atoms with Crippen molar-refractivity contribution >= 4 is 11.9 Å². The highest BCUT2D eigenvalue weighted by molar-refractivity contribution is 5.77. The number of carbonyl (C=O) groups is 2. The fraction of sp³-hybridized carbons (Fsp3) is 0.815. The van der Waals surface area contributed by atoms with Gasteiger partial charge in [-0.3, -0.25) is 9.59 Å². The predicted molar refractivity (Wildman–Crippen MR) is 259 cm³/mol. The molecule has 0 radical (unpaired) electrons. The number of rotatable bonds is 46. The number of amides is 1. The molecule has 0 saturated carbocycles. The van der Waals surface area contributed by atoms with E-state index in [2.05, 4.69) is 74.7 Å². The molecule has 0 saturated heterocycles. The summed E-state index contributed by atoms with van der Waals surface area (Å²) in [6, 6.07) is -0.703. The first kappa shape index (κ1) is 57.8. The summed E-state index contributed by atoms with van der Waals surface area (Å²) in [6.45, 7) is 6.42. The van der Waals surface area contributed by atoms with Crippen LogP contribution in [0.2, 0.25) is 0 Å². The highest BCUT2D eigenvalue weighted by Crippen LogP contribution is 2.18. The molecule has 0 aliphatic carbocycles. The third-order valence-electron chi connectivity index (χ3n) is 11.8. The van der Waals surface area contributed by atoms with Crippen LogP contribution in [0.5, 0.6) is 0 Å². The fourth-order valence-corrected chi connectivity index (χ4v) is 7.80. The van der Waals surface area contributed by atoms with E-state index >= 15 is 0 Å². The second-order valence-electron chi connectivity index (χ2n) is 17.7. The number of ether oxygens (including phenoxy) is 1. The Balaban J connectivity index is 4.39. The zero-order chi connectivity index (χ0) is 43.8. The van der Waals surface area contributed by atoms with Crippen molar-refractivity contribution < 1.29 is 24.5 Å². The summed E-state index contributed by atoms with van der Waals surface area (Å²) in [7, 11) is 0. The summed E-state index contributed by atoms with van der Waals surface area (Å²) in [6.07, 6.45) is 57.5. The Morgan fingerprint density at radius 1 is 0.483 bits per heavy atom. The molecule has 6 heteroatoms. The van der Waals surface area contributed by atoms with Crippen LogP contribution < -0.4 is 5.32 Å². The quantitative estimate of drug-likeness (QED) is 0.0322. The van der Waals surface area contributed by atoms with Gasteiger partial charge < -0.3 is 20.3 Å². The second kappa shape index (κ2) is 47.9. The van der Waals surface area contributed by atoms with E-state index in [1.54, 1.807) is 0 Å². The summed E-state index contributed by atoms with van der Waals surface area (Å²) >= 11 is 0. The number of unbranched alkanes of at least 4 members (excludes halogenated alkanes) is 29. The molecule has 3 unspecified atom stereocenters. The molecular formula is C54H99NO5. The first-order valence-corrected chi connectivity index (χ1v) is 25.9. The molecule has 0 spiro atoms. The number of hydrogen-bond acceptors (Lipinski definition) is 5. The lowest BCUT2D eigenvalue weighted by atomic mass is 10.0. The van der Waals surface area contributed by atoms with Crippen LogP contribution in [0, 0.1) is 0 Å². The fourth-order valence-electron chi connectivity index (χ4n) is 7.80. The van der Waals surface area contributed by atoms with E-state index < -0.39 is 18.2 Å². The third kappa shape index (κ3) is 42.5. The van der Waals surface area contributed by atoms with E-state index in [0.29, 0.717) is 19.3 Å². The standard InChI is InChI=1S/C54H99NO5/c1-4-7-10-13-16-18-20-22-24-26-27-29-31-33-35-38-41-44-47-54(59)60-50(45-42-39-36-15-12-9-6-3)48-53(58)55-51(49-56)52(57)46-43-40-37-34-32-30-28-25-23-21-19-17-14-11-8-5-2/h16,18,20,22,24,26-27,29,50-52,56-57H,4-15,17,19,21,23,25,28,30-49H2,1-3H3,(H,55,58)/b18-16+,22-20+,26-24+,29-27+. The summed E-state index contributed by atoms with van der Waals surface area (Å²) in [4.78, 5) is 26.0. The van der Waals surface area contributed by atoms with Crippen molar-refractivity contribution in [3.63, 3.8) is 0 Å². The highest BCUT2D eigenvalue weighted by Gasteiger charge is 2.24. The van der Waals surface area contributed by atoms with Crippen molar-refractivity contribution in [2.24, 2.45) is 0 Å². The van der Waals surface area contributed by atoms with Crippen LogP contribution in [0.15, 0.2) is 48.6 Å². The first-order chi connectivity index (χ1) is 29.5. The Kier molecular flexibility index (Phi) is 46.1. The van der Waals surface area contributed by atoms with Gasteiger partial charge in [0.25, 0.3) is 0 Å². The van der Waals surface area contributed by atoms with Crippen LogP contribution in [0.4, 0.5) is 0 Å². The van der Waals surface area contributed by atoms with Gasteiger partial charge in [-0.25, -0.2) is 0 Å². The molecule has 0 rings (SSSR count). The van der Waals surface area contributed by atoms with Crippen LogP contribution in [-0.4, -0.2) is 46.9 Å². The third-order valence-corrected chi connectivity index (χ3v) is 11.8. The molecule has 6 nitrogen and oxygen atoms in total. The number of hydrogen-bond donors (Lipinski definition) is 3. The highest BCUT2D eigenvalue weighted by atomic mass is 16.5. The molecule has 0 aromatic rings. The zero-order valence-electron chi connectivity index (χ0n) is 39.8. The van der Waals surface area contributed by atoms with Crippen molar-refractivity contribution in [2.75, 3.05) is 6.61 Å². The lowest BCUT2D eigenvalue weighted by Crippen LogP contribution is -2.46. The van der Waals surface area contributed by atoms with Gasteiger partial charge in [-0.1, -0.05) is 243 Å². The summed E-state index contributed by atoms with van der Waals surface area (Å²) in [5, 5.41) is 23.7. The van der Waals surface area contributed by atoms with E-state index in [0.717, 1.165) is 83.5 Å². The van der Waals surface area contributed by atoms with Crippen molar-refractivity contribution in [2.45, 2.75) is 277 Å². The predicted octanol–water partition coefficient (Wildman–Crippen LogP) is 15.5. The van der Waals surface area contributed by atoms with Gasteiger partial charge in [-0.05, 0) is 51.4 Å². The summed E-state index contributed by atoms with van der Waals surface area (Å²) < 4.78 is 5.89. The maximum absolute atomic E-state index is 13.1.